The highest BCUT2D eigenvalue weighted by atomic mass is 15.1. The van der Waals surface area contributed by atoms with E-state index in [0.717, 1.165) is 0 Å². The standard InChI is InChI=1S/C20H21N/c1-15(2)19-10-6-7-11-20(19)21(3)18-13-12-16-8-4-5-9-17(16)14-18/h4-15H,1-3H3. The van der Waals surface area contributed by atoms with Crippen molar-refractivity contribution in [3.63, 3.8) is 0 Å². The summed E-state index contributed by atoms with van der Waals surface area (Å²) in [6.45, 7) is 4.49. The van der Waals surface area contributed by atoms with E-state index in [0.29, 0.717) is 5.92 Å². The molecule has 0 aliphatic rings. The minimum absolute atomic E-state index is 0.518. The Morgan fingerprint density at radius 1 is 0.762 bits per heavy atom. The third-order valence-corrected chi connectivity index (χ3v) is 4.04. The summed E-state index contributed by atoms with van der Waals surface area (Å²) in [6, 6.07) is 23.8. The molecule has 0 fully saturated rings. The van der Waals surface area contributed by atoms with Crippen molar-refractivity contribution >= 4 is 22.1 Å². The summed E-state index contributed by atoms with van der Waals surface area (Å²) >= 11 is 0. The van der Waals surface area contributed by atoms with Crippen LogP contribution in [-0.2, 0) is 0 Å². The molecule has 1 nitrogen and oxygen atoms in total. The van der Waals surface area contributed by atoms with Crippen LogP contribution in [0, 0.1) is 0 Å². The van der Waals surface area contributed by atoms with Gasteiger partial charge in [-0.2, -0.15) is 0 Å². The molecule has 0 amide bonds. The summed E-state index contributed by atoms with van der Waals surface area (Å²) in [4.78, 5) is 2.28. The van der Waals surface area contributed by atoms with Gasteiger partial charge in [0, 0.05) is 18.4 Å². The zero-order valence-corrected chi connectivity index (χ0v) is 12.9. The Labute approximate surface area is 126 Å². The van der Waals surface area contributed by atoms with Crippen molar-refractivity contribution in [2.75, 3.05) is 11.9 Å². The highest BCUT2D eigenvalue weighted by Gasteiger charge is 2.11. The first-order valence-corrected chi connectivity index (χ1v) is 7.48. The summed E-state index contributed by atoms with van der Waals surface area (Å²) in [5.41, 5.74) is 3.89. The van der Waals surface area contributed by atoms with Crippen LogP contribution >= 0.6 is 0 Å². The number of hydrogen-bond acceptors (Lipinski definition) is 1. The maximum Gasteiger partial charge on any atom is 0.0443 e. The van der Waals surface area contributed by atoms with Crippen molar-refractivity contribution < 1.29 is 0 Å². The Hall–Kier alpha value is -2.28. The fraction of sp³-hybridized carbons (Fsp3) is 0.200. The van der Waals surface area contributed by atoms with Crippen LogP contribution in [0.25, 0.3) is 10.8 Å². The molecule has 0 radical (unpaired) electrons. The van der Waals surface area contributed by atoms with E-state index in [1.54, 1.807) is 0 Å². The third kappa shape index (κ3) is 2.64. The molecule has 0 aliphatic carbocycles. The van der Waals surface area contributed by atoms with Gasteiger partial charge in [-0.05, 0) is 40.5 Å². The van der Waals surface area contributed by atoms with Gasteiger partial charge in [0.2, 0.25) is 0 Å². The molecule has 0 unspecified atom stereocenters. The first-order chi connectivity index (χ1) is 10.2. The van der Waals surface area contributed by atoms with Gasteiger partial charge in [0.15, 0.2) is 0 Å². The summed E-state index contributed by atoms with van der Waals surface area (Å²) in [7, 11) is 2.14. The molecule has 0 aliphatic heterocycles. The molecule has 0 saturated heterocycles. The van der Waals surface area contributed by atoms with Crippen LogP contribution in [0.2, 0.25) is 0 Å². The summed E-state index contributed by atoms with van der Waals surface area (Å²) < 4.78 is 0. The molecule has 0 spiro atoms. The van der Waals surface area contributed by atoms with E-state index in [1.807, 2.05) is 0 Å². The van der Waals surface area contributed by atoms with Crippen LogP contribution in [0.5, 0.6) is 0 Å². The lowest BCUT2D eigenvalue weighted by Gasteiger charge is -2.24. The van der Waals surface area contributed by atoms with Gasteiger partial charge in [-0.3, -0.25) is 0 Å². The van der Waals surface area contributed by atoms with Crippen molar-refractivity contribution in [1.82, 2.24) is 0 Å². The van der Waals surface area contributed by atoms with E-state index >= 15 is 0 Å². The van der Waals surface area contributed by atoms with E-state index in [1.165, 1.54) is 27.7 Å². The van der Waals surface area contributed by atoms with Crippen molar-refractivity contribution in [3.05, 3.63) is 72.3 Å². The second kappa shape index (κ2) is 5.61. The van der Waals surface area contributed by atoms with Crippen LogP contribution in [-0.4, -0.2) is 7.05 Å². The molecule has 21 heavy (non-hydrogen) atoms. The molecule has 3 aromatic carbocycles. The molecule has 1 heteroatoms. The van der Waals surface area contributed by atoms with Crippen molar-refractivity contribution in [2.45, 2.75) is 19.8 Å². The summed E-state index contributed by atoms with van der Waals surface area (Å²) in [5, 5.41) is 2.57. The van der Waals surface area contributed by atoms with E-state index in [9.17, 15) is 0 Å². The number of fused-ring (bicyclic) bond motifs is 1. The SMILES string of the molecule is CC(C)c1ccccc1N(C)c1ccc2ccccc2c1. The maximum absolute atomic E-state index is 2.28. The lowest BCUT2D eigenvalue weighted by atomic mass is 10.00. The van der Waals surface area contributed by atoms with Gasteiger partial charge in [0.25, 0.3) is 0 Å². The number of benzene rings is 3. The first-order valence-electron chi connectivity index (χ1n) is 7.48. The van der Waals surface area contributed by atoms with Crippen LogP contribution in [0.15, 0.2) is 66.7 Å². The molecule has 3 aromatic rings. The van der Waals surface area contributed by atoms with Gasteiger partial charge in [0.1, 0.15) is 0 Å². The van der Waals surface area contributed by atoms with Crippen LogP contribution in [0.1, 0.15) is 25.3 Å². The molecule has 0 saturated carbocycles. The monoisotopic (exact) mass is 275 g/mol. The second-order valence-corrected chi connectivity index (χ2v) is 5.80. The normalized spacial score (nSPS) is 11.0. The van der Waals surface area contributed by atoms with Crippen LogP contribution < -0.4 is 4.90 Å². The highest BCUT2D eigenvalue weighted by molar-refractivity contribution is 5.87. The van der Waals surface area contributed by atoms with Crippen molar-refractivity contribution in [1.29, 1.82) is 0 Å². The minimum Gasteiger partial charge on any atom is -0.344 e. The average molecular weight is 275 g/mol. The maximum atomic E-state index is 2.28. The number of para-hydroxylation sites is 1. The van der Waals surface area contributed by atoms with Gasteiger partial charge >= 0.3 is 0 Å². The van der Waals surface area contributed by atoms with Crippen LogP contribution in [0.4, 0.5) is 11.4 Å². The zero-order valence-electron chi connectivity index (χ0n) is 12.9. The number of nitrogens with zero attached hydrogens (tertiary/aromatic N) is 1. The molecular weight excluding hydrogens is 254 g/mol. The van der Waals surface area contributed by atoms with Crippen LogP contribution in [0.3, 0.4) is 0 Å². The number of rotatable bonds is 3. The van der Waals surface area contributed by atoms with Crippen molar-refractivity contribution in [3.8, 4) is 0 Å². The molecule has 106 valence electrons. The van der Waals surface area contributed by atoms with E-state index in [2.05, 4.69) is 92.5 Å². The number of anilines is 2. The lowest BCUT2D eigenvalue weighted by molar-refractivity contribution is 0.862. The Morgan fingerprint density at radius 2 is 1.43 bits per heavy atom. The molecular formula is C20H21N. The largest absolute Gasteiger partial charge is 0.344 e. The fourth-order valence-corrected chi connectivity index (χ4v) is 2.81. The van der Waals surface area contributed by atoms with Gasteiger partial charge < -0.3 is 4.90 Å². The number of hydrogen-bond donors (Lipinski definition) is 0. The van der Waals surface area contributed by atoms with Gasteiger partial charge in [-0.15, -0.1) is 0 Å². The Morgan fingerprint density at radius 3 is 2.19 bits per heavy atom. The molecule has 0 bridgehead atoms. The summed E-state index contributed by atoms with van der Waals surface area (Å²) in [6.07, 6.45) is 0. The molecule has 0 heterocycles. The minimum atomic E-state index is 0.518. The van der Waals surface area contributed by atoms with E-state index in [-0.39, 0.29) is 0 Å². The Balaban J connectivity index is 2.06. The lowest BCUT2D eigenvalue weighted by Crippen LogP contribution is -2.12. The predicted molar refractivity (Wildman–Crippen MR) is 92.5 cm³/mol. The van der Waals surface area contributed by atoms with Crippen molar-refractivity contribution in [2.24, 2.45) is 0 Å². The third-order valence-electron chi connectivity index (χ3n) is 4.04. The van der Waals surface area contributed by atoms with Gasteiger partial charge in [-0.1, -0.05) is 62.4 Å². The second-order valence-electron chi connectivity index (χ2n) is 5.80. The molecule has 3 rings (SSSR count). The quantitative estimate of drug-likeness (QED) is 0.590. The molecule has 0 N–H and O–H groups in total. The highest BCUT2D eigenvalue weighted by Crippen LogP contribution is 2.32. The molecule has 0 aromatic heterocycles. The smallest absolute Gasteiger partial charge is 0.0443 e. The Bertz CT molecular complexity index is 758. The molecule has 0 atom stereocenters. The van der Waals surface area contributed by atoms with Gasteiger partial charge in [0.05, 0.1) is 0 Å². The first kappa shape index (κ1) is 13.7. The zero-order chi connectivity index (χ0) is 14.8. The van der Waals surface area contributed by atoms with E-state index in [4.69, 9.17) is 0 Å². The Kier molecular flexibility index (Phi) is 3.66. The van der Waals surface area contributed by atoms with E-state index < -0.39 is 0 Å². The predicted octanol–water partition coefficient (Wildman–Crippen LogP) is 5.73. The summed E-state index contributed by atoms with van der Waals surface area (Å²) in [5.74, 6) is 0.518. The topological polar surface area (TPSA) is 3.24 Å². The van der Waals surface area contributed by atoms with Gasteiger partial charge in [-0.25, -0.2) is 0 Å². The average Bonchev–Trinajstić information content (AvgIpc) is 2.53. The fourth-order valence-electron chi connectivity index (χ4n) is 2.81.